The molecule has 5 heteroatoms. The van der Waals surface area contributed by atoms with E-state index in [4.69, 9.17) is 4.74 Å². The third kappa shape index (κ3) is 5.84. The van der Waals surface area contributed by atoms with E-state index in [1.165, 1.54) is 51.4 Å². The van der Waals surface area contributed by atoms with Gasteiger partial charge in [-0.3, -0.25) is 14.4 Å². The fourth-order valence-electron chi connectivity index (χ4n) is 6.64. The first-order valence-corrected chi connectivity index (χ1v) is 12.8. The molecule has 6 fully saturated rings. The summed E-state index contributed by atoms with van der Waals surface area (Å²) in [5, 5.41) is 3.34. The molecule has 4 saturated carbocycles. The van der Waals surface area contributed by atoms with Crippen LogP contribution in [0.2, 0.25) is 0 Å². The Kier molecular flexibility index (Phi) is 7.32. The Hall–Kier alpha value is -1.07. The van der Waals surface area contributed by atoms with Crippen molar-refractivity contribution in [1.29, 1.82) is 0 Å². The molecule has 0 unspecified atom stereocenters. The molecule has 0 radical (unpaired) electrons. The summed E-state index contributed by atoms with van der Waals surface area (Å²) < 4.78 is 5.11. The van der Waals surface area contributed by atoms with Crippen LogP contribution in [0.3, 0.4) is 0 Å². The van der Waals surface area contributed by atoms with Gasteiger partial charge in [-0.1, -0.05) is 6.42 Å². The van der Waals surface area contributed by atoms with Gasteiger partial charge in [-0.05, 0) is 81.7 Å². The summed E-state index contributed by atoms with van der Waals surface area (Å²) in [6, 6.07) is 0. The van der Waals surface area contributed by atoms with Crippen molar-refractivity contribution >= 4 is 17.3 Å². The van der Waals surface area contributed by atoms with Crippen LogP contribution in [0.15, 0.2) is 0 Å². The standard InChI is InChI=1S/C9H15NO.C9H14O.C8H12O2/c11-8-1-2-9(7-8)3-5-10-6-4-9;10-8-3-1-4-9(7-8)5-2-6-9;9-7-2-1-3-8(4-7)5-10-6-8/h10H,1-7H2;1-7H2;1-6H2. The molecule has 2 heterocycles. The Balaban J connectivity index is 0.000000112. The third-order valence-electron chi connectivity index (χ3n) is 8.87. The average molecular weight is 432 g/mol. The first-order valence-electron chi connectivity index (χ1n) is 12.8. The molecule has 0 bridgehead atoms. The lowest BCUT2D eigenvalue weighted by Crippen LogP contribution is -2.46. The monoisotopic (exact) mass is 431 g/mol. The van der Waals surface area contributed by atoms with E-state index < -0.39 is 0 Å². The second-order valence-electron chi connectivity index (χ2n) is 11.4. The highest BCUT2D eigenvalue weighted by Crippen LogP contribution is 2.50. The summed E-state index contributed by atoms with van der Waals surface area (Å²) in [7, 11) is 0. The van der Waals surface area contributed by atoms with Gasteiger partial charge in [0.25, 0.3) is 0 Å². The average Bonchev–Trinajstić information content (AvgIpc) is 3.07. The Morgan fingerprint density at radius 2 is 1.03 bits per heavy atom. The zero-order chi connectivity index (χ0) is 21.8. The van der Waals surface area contributed by atoms with Crippen LogP contribution < -0.4 is 5.32 Å². The van der Waals surface area contributed by atoms with Crippen LogP contribution in [0.4, 0.5) is 0 Å². The van der Waals surface area contributed by atoms with Gasteiger partial charge in [0.15, 0.2) is 0 Å². The van der Waals surface area contributed by atoms with E-state index in [9.17, 15) is 14.4 Å². The van der Waals surface area contributed by atoms with Gasteiger partial charge in [-0.2, -0.15) is 0 Å². The summed E-state index contributed by atoms with van der Waals surface area (Å²) in [5.41, 5.74) is 1.26. The maximum Gasteiger partial charge on any atom is 0.133 e. The van der Waals surface area contributed by atoms with Crippen molar-refractivity contribution in [3.63, 3.8) is 0 Å². The summed E-state index contributed by atoms with van der Waals surface area (Å²) in [4.78, 5) is 33.2. The van der Waals surface area contributed by atoms with Crippen LogP contribution in [0, 0.1) is 16.2 Å². The lowest BCUT2D eigenvalue weighted by atomic mass is 9.61. The lowest BCUT2D eigenvalue weighted by molar-refractivity contribution is -0.150. The molecular weight excluding hydrogens is 390 g/mol. The number of carbonyl (C=O) groups is 3. The fraction of sp³-hybridized carbons (Fsp3) is 0.885. The van der Waals surface area contributed by atoms with Crippen molar-refractivity contribution in [2.75, 3.05) is 26.3 Å². The largest absolute Gasteiger partial charge is 0.380 e. The Labute approximate surface area is 187 Å². The van der Waals surface area contributed by atoms with E-state index in [-0.39, 0.29) is 0 Å². The van der Waals surface area contributed by atoms with Crippen molar-refractivity contribution in [2.45, 2.75) is 103 Å². The number of Topliss-reactive ketones (excluding diaryl/α,β-unsaturated/α-hetero) is 3. The maximum absolute atomic E-state index is 11.1. The van der Waals surface area contributed by atoms with Crippen LogP contribution in [-0.2, 0) is 19.1 Å². The topological polar surface area (TPSA) is 72.5 Å². The van der Waals surface area contributed by atoms with Gasteiger partial charge in [-0.25, -0.2) is 0 Å². The van der Waals surface area contributed by atoms with Crippen molar-refractivity contribution in [1.82, 2.24) is 5.32 Å². The van der Waals surface area contributed by atoms with E-state index in [0.717, 1.165) is 77.7 Å². The van der Waals surface area contributed by atoms with Crippen molar-refractivity contribution in [3.05, 3.63) is 0 Å². The smallest absolute Gasteiger partial charge is 0.133 e. The van der Waals surface area contributed by atoms with E-state index in [0.29, 0.717) is 33.6 Å². The molecule has 31 heavy (non-hydrogen) atoms. The van der Waals surface area contributed by atoms with Gasteiger partial charge in [0.05, 0.1) is 13.2 Å². The number of piperidine rings is 1. The van der Waals surface area contributed by atoms with E-state index in [1.54, 1.807) is 0 Å². The molecule has 6 rings (SSSR count). The highest BCUT2D eigenvalue weighted by molar-refractivity contribution is 5.81. The predicted octanol–water partition coefficient (Wildman–Crippen LogP) is 4.56. The number of ether oxygens (including phenoxy) is 1. The summed E-state index contributed by atoms with van der Waals surface area (Å²) in [5.74, 6) is 1.45. The number of hydrogen-bond donors (Lipinski definition) is 1. The minimum atomic E-state index is 0.301. The molecule has 1 N–H and O–H groups in total. The quantitative estimate of drug-likeness (QED) is 0.609. The number of nitrogens with one attached hydrogen (secondary N) is 1. The number of ketones is 3. The molecule has 5 nitrogen and oxygen atoms in total. The fourth-order valence-corrected chi connectivity index (χ4v) is 6.64. The SMILES string of the molecule is O=C1CCC2(CCNCC2)C1.O=C1CCCC2(CCC2)C1.O=C1CCCC2(COC2)C1. The van der Waals surface area contributed by atoms with Crippen LogP contribution in [0.25, 0.3) is 0 Å². The number of rotatable bonds is 0. The molecule has 0 atom stereocenters. The summed E-state index contributed by atoms with van der Waals surface area (Å²) in [6.07, 6.45) is 17.5. The van der Waals surface area contributed by atoms with Gasteiger partial charge in [0.2, 0.25) is 0 Å². The number of carbonyl (C=O) groups excluding carboxylic acids is 3. The highest BCUT2D eigenvalue weighted by Gasteiger charge is 2.42. The van der Waals surface area contributed by atoms with Crippen LogP contribution >= 0.6 is 0 Å². The molecular formula is C26H41NO4. The minimum Gasteiger partial charge on any atom is -0.380 e. The normalized spacial score (nSPS) is 30.0. The van der Waals surface area contributed by atoms with E-state index in [1.807, 2.05) is 0 Å². The molecule has 174 valence electrons. The molecule has 0 aromatic heterocycles. The molecule has 0 aromatic carbocycles. The second kappa shape index (κ2) is 9.82. The first-order chi connectivity index (χ1) is 14.9. The summed E-state index contributed by atoms with van der Waals surface area (Å²) >= 11 is 0. The molecule has 4 aliphatic carbocycles. The van der Waals surface area contributed by atoms with Crippen molar-refractivity contribution < 1.29 is 19.1 Å². The molecule has 2 aliphatic heterocycles. The van der Waals surface area contributed by atoms with Gasteiger partial charge < -0.3 is 10.1 Å². The first kappa shape index (κ1) is 23.1. The molecule has 0 amide bonds. The number of hydrogen-bond acceptors (Lipinski definition) is 5. The molecule has 0 aromatic rings. The van der Waals surface area contributed by atoms with E-state index in [2.05, 4.69) is 5.32 Å². The zero-order valence-corrected chi connectivity index (χ0v) is 19.3. The Morgan fingerprint density at radius 3 is 1.39 bits per heavy atom. The lowest BCUT2D eigenvalue weighted by Gasteiger charge is -2.44. The maximum atomic E-state index is 11.1. The Bertz CT molecular complexity index is 633. The van der Waals surface area contributed by atoms with Crippen molar-refractivity contribution in [2.24, 2.45) is 16.2 Å². The molecule has 3 spiro atoms. The van der Waals surface area contributed by atoms with E-state index >= 15 is 0 Å². The minimum absolute atomic E-state index is 0.301. The van der Waals surface area contributed by atoms with Gasteiger partial charge in [0, 0.05) is 43.9 Å². The molecule has 2 saturated heterocycles. The van der Waals surface area contributed by atoms with Crippen LogP contribution in [0.1, 0.15) is 103 Å². The van der Waals surface area contributed by atoms with Crippen LogP contribution in [-0.4, -0.2) is 43.7 Å². The van der Waals surface area contributed by atoms with Gasteiger partial charge in [0.1, 0.15) is 17.3 Å². The van der Waals surface area contributed by atoms with Crippen molar-refractivity contribution in [3.8, 4) is 0 Å². The second-order valence-corrected chi connectivity index (χ2v) is 11.4. The zero-order valence-electron chi connectivity index (χ0n) is 19.3. The summed E-state index contributed by atoms with van der Waals surface area (Å²) in [6.45, 7) is 3.90. The highest BCUT2D eigenvalue weighted by atomic mass is 16.5. The van der Waals surface area contributed by atoms with Gasteiger partial charge in [-0.15, -0.1) is 0 Å². The van der Waals surface area contributed by atoms with Gasteiger partial charge >= 0.3 is 0 Å². The third-order valence-corrected chi connectivity index (χ3v) is 8.87. The predicted molar refractivity (Wildman–Crippen MR) is 120 cm³/mol. The van der Waals surface area contributed by atoms with Crippen LogP contribution in [0.5, 0.6) is 0 Å². The Morgan fingerprint density at radius 1 is 0.548 bits per heavy atom. The molecule has 6 aliphatic rings.